The molecule has 2 aromatic rings. The van der Waals surface area contributed by atoms with Crippen molar-refractivity contribution in [3.05, 3.63) is 71.8 Å². The molecule has 2 atom stereocenters. The molecule has 5 nitrogen and oxygen atoms in total. The molecule has 0 saturated heterocycles. The number of anilines is 1. The molecule has 1 aliphatic carbocycles. The minimum atomic E-state index is -1.02. The standard InChI is InChI=1S/C23H25NO4/c1-16-12-13-20(27-2)19(14-16)24-23(26)22(18-10-4-3-5-11-18)28-21(25)15-17-8-6-7-9-17/h3-6,8,10-14,17,22H,7,9,15H2,1-2H3,(H,24,26)/t17-,22-/m1/s1. The number of amides is 1. The zero-order valence-corrected chi connectivity index (χ0v) is 16.2. The SMILES string of the molecule is COc1ccc(C)cc1NC(=O)[C@H](OC(=O)C[C@@H]1C=CCC1)c1ccccc1. The minimum absolute atomic E-state index is 0.184. The number of allylic oxidation sites excluding steroid dienone is 2. The maximum atomic E-state index is 13.0. The lowest BCUT2D eigenvalue weighted by Crippen LogP contribution is -2.26. The van der Waals surface area contributed by atoms with Gasteiger partial charge in [-0.25, -0.2) is 0 Å². The summed E-state index contributed by atoms with van der Waals surface area (Å²) in [5, 5.41) is 2.84. The van der Waals surface area contributed by atoms with Crippen LogP contribution in [0.5, 0.6) is 5.75 Å². The van der Waals surface area contributed by atoms with E-state index in [9.17, 15) is 9.59 Å². The lowest BCUT2D eigenvalue weighted by Gasteiger charge is -2.20. The number of hydrogen-bond donors (Lipinski definition) is 1. The molecule has 2 aromatic carbocycles. The van der Waals surface area contributed by atoms with Crippen molar-refractivity contribution in [1.29, 1.82) is 0 Å². The second kappa shape index (κ2) is 9.22. The van der Waals surface area contributed by atoms with Crippen molar-refractivity contribution in [1.82, 2.24) is 0 Å². The van der Waals surface area contributed by atoms with Gasteiger partial charge >= 0.3 is 5.97 Å². The molecule has 0 bridgehead atoms. The number of nitrogens with one attached hydrogen (secondary N) is 1. The van der Waals surface area contributed by atoms with E-state index >= 15 is 0 Å². The maximum Gasteiger partial charge on any atom is 0.307 e. The molecule has 0 aliphatic heterocycles. The van der Waals surface area contributed by atoms with Gasteiger partial charge in [0.15, 0.2) is 0 Å². The van der Waals surface area contributed by atoms with E-state index in [1.54, 1.807) is 25.3 Å². The zero-order chi connectivity index (χ0) is 19.9. The molecule has 146 valence electrons. The first-order valence-electron chi connectivity index (χ1n) is 9.43. The lowest BCUT2D eigenvalue weighted by molar-refractivity contribution is -0.155. The van der Waals surface area contributed by atoms with Crippen molar-refractivity contribution in [3.8, 4) is 5.75 Å². The maximum absolute atomic E-state index is 13.0. The predicted molar refractivity (Wildman–Crippen MR) is 108 cm³/mol. The van der Waals surface area contributed by atoms with Crippen LogP contribution in [0.4, 0.5) is 5.69 Å². The van der Waals surface area contributed by atoms with Gasteiger partial charge in [0.1, 0.15) is 5.75 Å². The number of aryl methyl sites for hydroxylation is 1. The molecule has 0 aromatic heterocycles. The van der Waals surface area contributed by atoms with Gasteiger partial charge in [0, 0.05) is 5.56 Å². The van der Waals surface area contributed by atoms with Crippen LogP contribution in [0.3, 0.4) is 0 Å². The molecule has 0 fully saturated rings. The van der Waals surface area contributed by atoms with E-state index in [4.69, 9.17) is 9.47 Å². The highest BCUT2D eigenvalue weighted by Gasteiger charge is 2.27. The van der Waals surface area contributed by atoms with Crippen molar-refractivity contribution in [2.24, 2.45) is 5.92 Å². The molecule has 0 unspecified atom stereocenters. The van der Waals surface area contributed by atoms with Gasteiger partial charge in [0.2, 0.25) is 6.10 Å². The molecule has 0 saturated carbocycles. The summed E-state index contributed by atoms with van der Waals surface area (Å²) in [6.07, 6.45) is 5.29. The van der Waals surface area contributed by atoms with Crippen LogP contribution >= 0.6 is 0 Å². The summed E-state index contributed by atoms with van der Waals surface area (Å²) >= 11 is 0. The van der Waals surface area contributed by atoms with Crippen molar-refractivity contribution in [2.75, 3.05) is 12.4 Å². The van der Waals surface area contributed by atoms with Gasteiger partial charge in [-0.15, -0.1) is 0 Å². The minimum Gasteiger partial charge on any atom is -0.495 e. The van der Waals surface area contributed by atoms with Gasteiger partial charge in [-0.2, -0.15) is 0 Å². The fraction of sp³-hybridized carbons (Fsp3) is 0.304. The Bertz CT molecular complexity index is 860. The predicted octanol–water partition coefficient (Wildman–Crippen LogP) is 4.58. The molecule has 5 heteroatoms. The molecule has 1 N–H and O–H groups in total. The molecule has 28 heavy (non-hydrogen) atoms. The first-order valence-corrected chi connectivity index (χ1v) is 9.43. The fourth-order valence-corrected chi connectivity index (χ4v) is 3.28. The van der Waals surface area contributed by atoms with Crippen molar-refractivity contribution in [2.45, 2.75) is 32.3 Å². The van der Waals surface area contributed by atoms with Crippen molar-refractivity contribution >= 4 is 17.6 Å². The Labute approximate surface area is 165 Å². The average molecular weight is 379 g/mol. The Morgan fingerprint density at radius 2 is 1.96 bits per heavy atom. The van der Waals surface area contributed by atoms with Crippen LogP contribution in [0.2, 0.25) is 0 Å². The summed E-state index contributed by atoms with van der Waals surface area (Å²) < 4.78 is 10.9. The Morgan fingerprint density at radius 3 is 2.64 bits per heavy atom. The highest BCUT2D eigenvalue weighted by molar-refractivity contribution is 5.97. The Balaban J connectivity index is 1.78. The molecular weight excluding hydrogens is 354 g/mol. The molecular formula is C23H25NO4. The van der Waals surface area contributed by atoms with Crippen molar-refractivity contribution in [3.63, 3.8) is 0 Å². The second-order valence-corrected chi connectivity index (χ2v) is 6.94. The lowest BCUT2D eigenvalue weighted by atomic mass is 10.1. The number of carbonyl (C=O) groups excluding carboxylic acids is 2. The third kappa shape index (κ3) is 5.00. The van der Waals surface area contributed by atoms with E-state index < -0.39 is 12.0 Å². The Kier molecular flexibility index (Phi) is 6.48. The van der Waals surface area contributed by atoms with Crippen LogP contribution in [0.1, 0.15) is 36.5 Å². The van der Waals surface area contributed by atoms with Gasteiger partial charge in [0.25, 0.3) is 5.91 Å². The summed E-state index contributed by atoms with van der Waals surface area (Å²) in [5.41, 5.74) is 2.16. The fourth-order valence-electron chi connectivity index (χ4n) is 3.28. The monoisotopic (exact) mass is 379 g/mol. The first-order chi connectivity index (χ1) is 13.6. The Hall–Kier alpha value is -3.08. The van der Waals surface area contributed by atoms with E-state index in [-0.39, 0.29) is 18.3 Å². The molecule has 3 rings (SSSR count). The number of ether oxygens (including phenoxy) is 2. The van der Waals surface area contributed by atoms with Gasteiger partial charge in [-0.1, -0.05) is 48.6 Å². The van der Waals surface area contributed by atoms with Gasteiger partial charge in [0.05, 0.1) is 19.2 Å². The van der Waals surface area contributed by atoms with Crippen LogP contribution in [0, 0.1) is 12.8 Å². The normalized spacial score (nSPS) is 16.4. The molecule has 1 amide bonds. The number of carbonyl (C=O) groups is 2. The first kappa shape index (κ1) is 19.7. The van der Waals surface area contributed by atoms with Crippen LogP contribution < -0.4 is 10.1 Å². The van der Waals surface area contributed by atoms with Gasteiger partial charge in [-0.05, 0) is 43.4 Å². The molecule has 0 radical (unpaired) electrons. The van der Waals surface area contributed by atoms with E-state index in [0.717, 1.165) is 18.4 Å². The largest absolute Gasteiger partial charge is 0.495 e. The summed E-state index contributed by atoms with van der Waals surface area (Å²) in [6, 6.07) is 14.6. The van der Waals surface area contributed by atoms with Crippen LogP contribution in [-0.4, -0.2) is 19.0 Å². The number of methoxy groups -OCH3 is 1. The third-order valence-electron chi connectivity index (χ3n) is 4.74. The summed E-state index contributed by atoms with van der Waals surface area (Å²) in [4.78, 5) is 25.5. The topological polar surface area (TPSA) is 64.6 Å². The smallest absolute Gasteiger partial charge is 0.307 e. The van der Waals surface area contributed by atoms with Crippen LogP contribution in [-0.2, 0) is 14.3 Å². The quantitative estimate of drug-likeness (QED) is 0.565. The highest BCUT2D eigenvalue weighted by Crippen LogP contribution is 2.28. The number of esters is 1. The van der Waals surface area contributed by atoms with Gasteiger partial charge in [-0.3, -0.25) is 9.59 Å². The van der Waals surface area contributed by atoms with Gasteiger partial charge < -0.3 is 14.8 Å². The second-order valence-electron chi connectivity index (χ2n) is 6.94. The molecule has 1 aliphatic rings. The Morgan fingerprint density at radius 1 is 1.18 bits per heavy atom. The van der Waals surface area contributed by atoms with E-state index in [1.165, 1.54) is 0 Å². The molecule has 0 heterocycles. The highest BCUT2D eigenvalue weighted by atomic mass is 16.5. The van der Waals surface area contributed by atoms with E-state index in [0.29, 0.717) is 17.0 Å². The summed E-state index contributed by atoms with van der Waals surface area (Å²) in [5.74, 6) is -0.0563. The average Bonchev–Trinajstić information content (AvgIpc) is 3.20. The third-order valence-corrected chi connectivity index (χ3v) is 4.74. The van der Waals surface area contributed by atoms with Crippen LogP contribution in [0.15, 0.2) is 60.7 Å². The number of hydrogen-bond acceptors (Lipinski definition) is 4. The van der Waals surface area contributed by atoms with E-state index in [2.05, 4.69) is 11.4 Å². The molecule has 0 spiro atoms. The summed E-state index contributed by atoms with van der Waals surface area (Å²) in [7, 11) is 1.55. The zero-order valence-electron chi connectivity index (χ0n) is 16.2. The van der Waals surface area contributed by atoms with Crippen molar-refractivity contribution < 1.29 is 19.1 Å². The number of benzene rings is 2. The summed E-state index contributed by atoms with van der Waals surface area (Å²) in [6.45, 7) is 1.93. The van der Waals surface area contributed by atoms with E-state index in [1.807, 2.05) is 43.3 Å². The van der Waals surface area contributed by atoms with Crippen LogP contribution in [0.25, 0.3) is 0 Å². The number of rotatable bonds is 7.